The van der Waals surface area contributed by atoms with Crippen LogP contribution in [0.1, 0.15) is 0 Å². The van der Waals surface area contributed by atoms with Gasteiger partial charge in [-0.3, -0.25) is 0 Å². The van der Waals surface area contributed by atoms with E-state index in [0.29, 0.717) is 5.46 Å². The lowest BCUT2D eigenvalue weighted by Crippen LogP contribution is -2.56. The van der Waals surface area contributed by atoms with E-state index in [2.05, 4.69) is 123 Å². The Morgan fingerprint density at radius 3 is 1.59 bits per heavy atom. The van der Waals surface area contributed by atoms with E-state index in [9.17, 15) is 10.0 Å². The monoisotopic (exact) mass is 523 g/mol. The second-order valence-corrected chi connectivity index (χ2v) is 11.4. The third-order valence-corrected chi connectivity index (χ3v) is 9.38. The molecule has 0 aliphatic carbocycles. The van der Waals surface area contributed by atoms with Crippen LogP contribution in [0.15, 0.2) is 78.9 Å². The molecule has 6 aromatic rings. The van der Waals surface area contributed by atoms with Gasteiger partial charge in [-0.2, -0.15) is 0 Å². The summed E-state index contributed by atoms with van der Waals surface area (Å²) in [5, 5.41) is 23.2. The molecule has 0 aliphatic rings. The van der Waals surface area contributed by atoms with E-state index in [4.69, 9.17) is 0 Å². The van der Waals surface area contributed by atoms with Gasteiger partial charge in [-0.1, -0.05) is 99.5 Å². The topological polar surface area (TPSA) is 45.4 Å². The molecule has 0 spiro atoms. The van der Waals surface area contributed by atoms with E-state index in [0.717, 1.165) is 44.1 Å². The van der Waals surface area contributed by atoms with E-state index in [1.807, 2.05) is 15.7 Å². The number of nitrogens with zero attached hydrogens (tertiary/aromatic N) is 1. The molecule has 0 amide bonds. The predicted molar refractivity (Wildman–Crippen MR) is 199 cm³/mol. The molecular formula is C30H29B8NO2. The summed E-state index contributed by atoms with van der Waals surface area (Å²) in [5.41, 5.74) is 16.6. The second kappa shape index (κ2) is 10.3. The van der Waals surface area contributed by atoms with Crippen molar-refractivity contribution in [2.45, 2.75) is 0 Å². The van der Waals surface area contributed by atoms with Crippen LogP contribution in [0.2, 0.25) is 0 Å². The zero-order chi connectivity index (χ0) is 29.2. The Balaban J connectivity index is 1.86. The molecule has 0 aliphatic heterocycles. The van der Waals surface area contributed by atoms with Gasteiger partial charge in [0.2, 0.25) is 0 Å². The molecule has 0 saturated heterocycles. The molecule has 2 N–H and O–H groups in total. The highest BCUT2D eigenvalue weighted by Gasteiger charge is 2.28. The maximum atomic E-state index is 10.5. The van der Waals surface area contributed by atoms with Crippen LogP contribution >= 0.6 is 0 Å². The lowest BCUT2D eigenvalue weighted by atomic mass is 9.59. The third kappa shape index (κ3) is 4.17. The molecule has 0 fully saturated rings. The van der Waals surface area contributed by atoms with Crippen molar-refractivity contribution < 1.29 is 10.0 Å². The van der Waals surface area contributed by atoms with E-state index in [1.165, 1.54) is 43.9 Å². The molecule has 6 rings (SSSR count). The molecule has 0 bridgehead atoms. The molecule has 3 nitrogen and oxygen atoms in total. The lowest BCUT2D eigenvalue weighted by Gasteiger charge is -2.20. The highest BCUT2D eigenvalue weighted by Crippen LogP contribution is 2.36. The Morgan fingerprint density at radius 2 is 1.00 bits per heavy atom. The fourth-order valence-electron chi connectivity index (χ4n) is 6.75. The van der Waals surface area contributed by atoms with Gasteiger partial charge in [-0.25, -0.2) is 0 Å². The van der Waals surface area contributed by atoms with Crippen molar-refractivity contribution in [2.24, 2.45) is 0 Å². The Bertz CT molecular complexity index is 1990. The fraction of sp³-hybridized carbons (Fsp3) is 0. The first-order valence-electron chi connectivity index (χ1n) is 14.3. The highest BCUT2D eigenvalue weighted by molar-refractivity contribution is 6.76. The summed E-state index contributed by atoms with van der Waals surface area (Å²) in [6.45, 7) is 0. The van der Waals surface area contributed by atoms with Gasteiger partial charge in [-0.15, -0.1) is 5.46 Å². The number of benzene rings is 5. The van der Waals surface area contributed by atoms with Crippen LogP contribution < -0.4 is 43.7 Å². The van der Waals surface area contributed by atoms with Crippen molar-refractivity contribution in [1.82, 2.24) is 4.57 Å². The molecule has 0 unspecified atom stereocenters. The van der Waals surface area contributed by atoms with E-state index < -0.39 is 7.12 Å². The first kappa shape index (κ1) is 27.5. The smallest absolute Gasteiger partial charge is 0.423 e. The average Bonchev–Trinajstić information content (AvgIpc) is 3.35. The largest absolute Gasteiger partial charge is 0.487 e. The van der Waals surface area contributed by atoms with Crippen LogP contribution in [0.4, 0.5) is 0 Å². The summed E-state index contributed by atoms with van der Waals surface area (Å²) < 4.78 is 2.44. The van der Waals surface area contributed by atoms with Gasteiger partial charge in [-0.05, 0) is 45.1 Å². The van der Waals surface area contributed by atoms with Gasteiger partial charge in [0.1, 0.15) is 54.9 Å². The first-order chi connectivity index (χ1) is 19.6. The minimum atomic E-state index is -1.53. The number of hydrogen-bond acceptors (Lipinski definition) is 2. The van der Waals surface area contributed by atoms with Crippen molar-refractivity contribution in [3.63, 3.8) is 0 Å². The fourth-order valence-corrected chi connectivity index (χ4v) is 6.75. The summed E-state index contributed by atoms with van der Waals surface area (Å²) in [5.74, 6) is 0. The normalized spacial score (nSPS) is 11.4. The summed E-state index contributed by atoms with van der Waals surface area (Å²) in [6, 6.07) is 27.9. The maximum Gasteiger partial charge on any atom is 0.487 e. The SMILES string of the molecule is Bc1c(B)c(B)c2c(c1B)c1c(B)c(B(O)O)c(B)c(B)c1n2-c1ccc(-c2ccccc2)cc1-c1ccccc1. The summed E-state index contributed by atoms with van der Waals surface area (Å²) in [7, 11) is 13.5. The molecule has 190 valence electrons. The van der Waals surface area contributed by atoms with Crippen molar-refractivity contribution in [3.05, 3.63) is 78.9 Å². The van der Waals surface area contributed by atoms with Crippen LogP contribution in [-0.4, -0.2) is 76.7 Å². The van der Waals surface area contributed by atoms with Crippen LogP contribution in [0, 0.1) is 0 Å². The van der Waals surface area contributed by atoms with Gasteiger partial charge in [0.15, 0.2) is 0 Å². The van der Waals surface area contributed by atoms with Crippen molar-refractivity contribution in [3.8, 4) is 27.9 Å². The second-order valence-electron chi connectivity index (χ2n) is 11.4. The molecule has 1 heterocycles. The van der Waals surface area contributed by atoms with E-state index in [-0.39, 0.29) is 0 Å². The highest BCUT2D eigenvalue weighted by atomic mass is 16.4. The molecule has 0 atom stereocenters. The van der Waals surface area contributed by atoms with Crippen LogP contribution in [0.5, 0.6) is 0 Å². The van der Waals surface area contributed by atoms with Gasteiger partial charge >= 0.3 is 7.12 Å². The van der Waals surface area contributed by atoms with Crippen LogP contribution in [-0.2, 0) is 0 Å². The standard InChI is InChI=1S/C30H29B8NO2/c31-21-19-20-22(32)28(38(40)41)25(35)27(37)30(20)39(29(19)26(36)24(34)23(21)33)18-12-11-16(14-7-3-1-4-8-14)13-17(18)15-9-5-2-6-10-15/h1-13,40-41H,31-37H2. The lowest BCUT2D eigenvalue weighted by molar-refractivity contribution is 0.426. The van der Waals surface area contributed by atoms with Crippen LogP contribution in [0.25, 0.3) is 49.7 Å². The van der Waals surface area contributed by atoms with E-state index in [1.54, 1.807) is 0 Å². The summed E-state index contributed by atoms with van der Waals surface area (Å²) in [4.78, 5) is 0. The van der Waals surface area contributed by atoms with Gasteiger partial charge in [0.05, 0.1) is 5.69 Å². The molecule has 41 heavy (non-hydrogen) atoms. The maximum absolute atomic E-state index is 10.5. The van der Waals surface area contributed by atoms with Crippen molar-refractivity contribution in [1.29, 1.82) is 0 Å². The third-order valence-electron chi connectivity index (χ3n) is 9.38. The summed E-state index contributed by atoms with van der Waals surface area (Å²) >= 11 is 0. The van der Waals surface area contributed by atoms with Crippen molar-refractivity contribution >= 4 is 128 Å². The zero-order valence-corrected chi connectivity index (χ0v) is 24.9. The Morgan fingerprint density at radius 1 is 0.488 bits per heavy atom. The van der Waals surface area contributed by atoms with Gasteiger partial charge < -0.3 is 14.6 Å². The zero-order valence-electron chi connectivity index (χ0n) is 24.9. The van der Waals surface area contributed by atoms with Gasteiger partial charge in [0.25, 0.3) is 0 Å². The predicted octanol–water partition coefficient (Wildman–Crippen LogP) is -6.39. The number of aromatic nitrogens is 1. The molecule has 5 aromatic carbocycles. The molecule has 1 aromatic heterocycles. The summed E-state index contributed by atoms with van der Waals surface area (Å²) in [6.07, 6.45) is 0. The van der Waals surface area contributed by atoms with E-state index >= 15 is 0 Å². The Kier molecular flexibility index (Phi) is 6.92. The number of fused-ring (bicyclic) bond motifs is 3. The molecule has 0 radical (unpaired) electrons. The van der Waals surface area contributed by atoms with Gasteiger partial charge in [0, 0.05) is 16.6 Å². The number of rotatable bonds is 4. The Hall–Kier alpha value is -3.66. The molecular weight excluding hydrogens is 493 g/mol. The quantitative estimate of drug-likeness (QED) is 0.227. The average molecular weight is 522 g/mol. The minimum absolute atomic E-state index is 0.604. The molecule has 0 saturated carbocycles. The Labute approximate surface area is 248 Å². The van der Waals surface area contributed by atoms with Crippen LogP contribution in [0.3, 0.4) is 0 Å². The van der Waals surface area contributed by atoms with Crippen molar-refractivity contribution in [2.75, 3.05) is 0 Å². The first-order valence-corrected chi connectivity index (χ1v) is 14.3. The molecule has 11 heteroatoms. The number of hydrogen-bond donors (Lipinski definition) is 2. The minimum Gasteiger partial charge on any atom is -0.423 e.